The number of anilines is 1. The van der Waals surface area contributed by atoms with Crippen molar-refractivity contribution in [2.45, 2.75) is 38.0 Å². The fourth-order valence-electron chi connectivity index (χ4n) is 2.49. The summed E-state index contributed by atoms with van der Waals surface area (Å²) in [5.41, 5.74) is 2.86. The smallest absolute Gasteiger partial charge is 0.351 e. The van der Waals surface area contributed by atoms with Gasteiger partial charge in [-0.25, -0.2) is 13.2 Å². The third kappa shape index (κ3) is 4.98. The third-order valence-electron chi connectivity index (χ3n) is 4.27. The summed E-state index contributed by atoms with van der Waals surface area (Å²) < 4.78 is 30.5. The molecule has 144 valence electrons. The number of sulfone groups is 1. The number of aryl methyl sites for hydroxylation is 1. The van der Waals surface area contributed by atoms with Crippen LogP contribution in [0.1, 0.15) is 37.8 Å². The first kappa shape index (κ1) is 20.7. The van der Waals surface area contributed by atoms with E-state index in [1.807, 2.05) is 38.1 Å². The number of hydrogen-bond donors (Lipinski definition) is 1. The highest BCUT2D eigenvalue weighted by Crippen LogP contribution is 2.23. The monoisotopic (exact) mass is 387 g/mol. The maximum absolute atomic E-state index is 12.9. The van der Waals surface area contributed by atoms with E-state index in [4.69, 9.17) is 0 Å². The van der Waals surface area contributed by atoms with E-state index in [-0.39, 0.29) is 10.8 Å². The van der Waals surface area contributed by atoms with E-state index in [2.05, 4.69) is 17.0 Å². The van der Waals surface area contributed by atoms with Crippen LogP contribution in [0.5, 0.6) is 0 Å². The van der Waals surface area contributed by atoms with Crippen molar-refractivity contribution in [2.24, 2.45) is 0 Å². The Kier molecular flexibility index (Phi) is 6.80. The Morgan fingerprint density at radius 2 is 1.67 bits per heavy atom. The van der Waals surface area contributed by atoms with Crippen LogP contribution in [-0.4, -0.2) is 21.5 Å². The van der Waals surface area contributed by atoms with Crippen molar-refractivity contribution in [3.63, 3.8) is 0 Å². The summed E-state index contributed by atoms with van der Waals surface area (Å²) in [6.07, 6.45) is 2.09. The SMILES string of the molecule is CCc1ccc(N/C=C(/C(=O)OC)S(=O)(=O)c2ccc(C(C)C)cc2)cc1. The number of carbonyl (C=O) groups excluding carboxylic acids is 1. The number of carbonyl (C=O) groups is 1. The summed E-state index contributed by atoms with van der Waals surface area (Å²) in [5, 5.41) is 2.87. The van der Waals surface area contributed by atoms with Crippen LogP contribution in [-0.2, 0) is 25.8 Å². The molecule has 0 fully saturated rings. The minimum Gasteiger partial charge on any atom is -0.465 e. The summed E-state index contributed by atoms with van der Waals surface area (Å²) in [5.74, 6) is -0.634. The Morgan fingerprint density at radius 1 is 1.07 bits per heavy atom. The fourth-order valence-corrected chi connectivity index (χ4v) is 3.76. The molecule has 27 heavy (non-hydrogen) atoms. The molecule has 2 aromatic carbocycles. The highest BCUT2D eigenvalue weighted by atomic mass is 32.2. The lowest BCUT2D eigenvalue weighted by Gasteiger charge is -2.11. The molecule has 0 bridgehead atoms. The Bertz CT molecular complexity index is 912. The normalized spacial score (nSPS) is 12.1. The Hall–Kier alpha value is -2.60. The van der Waals surface area contributed by atoms with Crippen LogP contribution < -0.4 is 5.32 Å². The van der Waals surface area contributed by atoms with E-state index in [0.717, 1.165) is 24.7 Å². The van der Waals surface area contributed by atoms with Crippen molar-refractivity contribution in [2.75, 3.05) is 12.4 Å². The average molecular weight is 388 g/mol. The van der Waals surface area contributed by atoms with E-state index in [9.17, 15) is 13.2 Å². The Balaban J connectivity index is 2.36. The molecule has 5 nitrogen and oxygen atoms in total. The molecule has 0 radical (unpaired) electrons. The minimum absolute atomic E-state index is 0.0479. The van der Waals surface area contributed by atoms with Crippen LogP contribution >= 0.6 is 0 Å². The fraction of sp³-hybridized carbons (Fsp3) is 0.286. The number of hydrogen-bond acceptors (Lipinski definition) is 5. The van der Waals surface area contributed by atoms with Crippen LogP contribution in [0.15, 0.2) is 64.5 Å². The Morgan fingerprint density at radius 3 is 2.15 bits per heavy atom. The van der Waals surface area contributed by atoms with Gasteiger partial charge in [0.1, 0.15) is 0 Å². The quantitative estimate of drug-likeness (QED) is 0.567. The molecule has 2 rings (SSSR count). The summed E-state index contributed by atoms with van der Waals surface area (Å²) in [7, 11) is -2.86. The molecular formula is C21H25NO4S. The molecule has 1 N–H and O–H groups in total. The van der Waals surface area contributed by atoms with E-state index < -0.39 is 20.7 Å². The zero-order chi connectivity index (χ0) is 20.0. The predicted octanol–water partition coefficient (Wildman–Crippen LogP) is 4.27. The van der Waals surface area contributed by atoms with Gasteiger partial charge in [0.25, 0.3) is 0 Å². The molecular weight excluding hydrogens is 362 g/mol. The first-order chi connectivity index (χ1) is 12.8. The molecule has 0 aromatic heterocycles. The lowest BCUT2D eigenvalue weighted by Crippen LogP contribution is -2.17. The highest BCUT2D eigenvalue weighted by Gasteiger charge is 2.28. The third-order valence-corrected chi connectivity index (χ3v) is 6.02. The number of rotatable bonds is 7. The van der Waals surface area contributed by atoms with Gasteiger partial charge in [0.2, 0.25) is 9.84 Å². The zero-order valence-corrected chi connectivity index (χ0v) is 16.8. The lowest BCUT2D eigenvalue weighted by atomic mass is 10.0. The number of esters is 1. The number of methoxy groups -OCH3 is 1. The van der Waals surface area contributed by atoms with Gasteiger partial charge in [0.15, 0.2) is 4.91 Å². The number of benzene rings is 2. The maximum atomic E-state index is 12.9. The standard InChI is InChI=1S/C21H25NO4S/c1-5-16-6-10-18(11-7-16)22-14-20(21(23)26-4)27(24,25)19-12-8-17(9-13-19)15(2)3/h6-15,22H,5H2,1-4H3/b20-14-. The molecule has 0 spiro atoms. The number of ether oxygens (including phenoxy) is 1. The first-order valence-corrected chi connectivity index (χ1v) is 10.3. The molecule has 0 amide bonds. The molecule has 0 aliphatic rings. The molecule has 6 heteroatoms. The molecule has 2 aromatic rings. The van der Waals surface area contributed by atoms with Crippen molar-refractivity contribution in [1.82, 2.24) is 0 Å². The van der Waals surface area contributed by atoms with Gasteiger partial charge in [-0.05, 0) is 47.7 Å². The second-order valence-electron chi connectivity index (χ2n) is 6.42. The van der Waals surface area contributed by atoms with E-state index in [0.29, 0.717) is 5.69 Å². The highest BCUT2D eigenvalue weighted by molar-refractivity contribution is 7.96. The topological polar surface area (TPSA) is 72.5 Å². The van der Waals surface area contributed by atoms with E-state index >= 15 is 0 Å². The van der Waals surface area contributed by atoms with Gasteiger partial charge < -0.3 is 10.1 Å². The molecule has 0 aliphatic carbocycles. The van der Waals surface area contributed by atoms with Crippen LogP contribution in [0.25, 0.3) is 0 Å². The predicted molar refractivity (Wildman–Crippen MR) is 107 cm³/mol. The van der Waals surface area contributed by atoms with Gasteiger partial charge in [0, 0.05) is 11.9 Å². The summed E-state index contributed by atoms with van der Waals surface area (Å²) in [4.78, 5) is 11.7. The van der Waals surface area contributed by atoms with Gasteiger partial charge in [-0.15, -0.1) is 0 Å². The zero-order valence-electron chi connectivity index (χ0n) is 16.0. The van der Waals surface area contributed by atoms with Crippen LogP contribution in [0.2, 0.25) is 0 Å². The van der Waals surface area contributed by atoms with E-state index in [1.54, 1.807) is 12.1 Å². The Labute approximate surface area is 161 Å². The van der Waals surface area contributed by atoms with E-state index in [1.165, 1.54) is 18.3 Å². The van der Waals surface area contributed by atoms with Crippen molar-refractivity contribution in [3.8, 4) is 0 Å². The van der Waals surface area contributed by atoms with Crippen LogP contribution in [0.4, 0.5) is 5.69 Å². The molecule has 0 aliphatic heterocycles. The van der Waals surface area contributed by atoms with Crippen molar-refractivity contribution in [3.05, 3.63) is 70.8 Å². The second-order valence-corrected chi connectivity index (χ2v) is 8.34. The van der Waals surface area contributed by atoms with Crippen LogP contribution in [0.3, 0.4) is 0 Å². The molecule has 0 saturated heterocycles. The molecule has 0 heterocycles. The van der Waals surface area contributed by atoms with Crippen molar-refractivity contribution in [1.29, 1.82) is 0 Å². The van der Waals surface area contributed by atoms with Gasteiger partial charge in [0.05, 0.1) is 12.0 Å². The molecule has 0 unspecified atom stereocenters. The van der Waals surface area contributed by atoms with Crippen LogP contribution in [0, 0.1) is 0 Å². The molecule has 0 saturated carbocycles. The minimum atomic E-state index is -4.01. The summed E-state index contributed by atoms with van der Waals surface area (Å²) >= 11 is 0. The van der Waals surface area contributed by atoms with Gasteiger partial charge in [-0.3, -0.25) is 0 Å². The molecule has 0 atom stereocenters. The van der Waals surface area contributed by atoms with Crippen molar-refractivity contribution >= 4 is 21.5 Å². The summed E-state index contributed by atoms with van der Waals surface area (Å²) in [6, 6.07) is 14.1. The average Bonchev–Trinajstić information content (AvgIpc) is 2.68. The van der Waals surface area contributed by atoms with Gasteiger partial charge in [-0.2, -0.15) is 0 Å². The van der Waals surface area contributed by atoms with Gasteiger partial charge in [-0.1, -0.05) is 45.0 Å². The van der Waals surface area contributed by atoms with Gasteiger partial charge >= 0.3 is 5.97 Å². The van der Waals surface area contributed by atoms with Crippen molar-refractivity contribution < 1.29 is 17.9 Å². The lowest BCUT2D eigenvalue weighted by molar-refractivity contribution is -0.135. The maximum Gasteiger partial charge on any atom is 0.351 e. The summed E-state index contributed by atoms with van der Waals surface area (Å²) in [6.45, 7) is 6.10. The second kappa shape index (κ2) is 8.86. The largest absolute Gasteiger partial charge is 0.465 e. The first-order valence-electron chi connectivity index (χ1n) is 8.78. The number of nitrogens with one attached hydrogen (secondary N) is 1.